The number of aryl methyl sites for hydroxylation is 1. The standard InChI is InChI=1S/C18H21NO4/c1-12-8-9-14(21-2)13(10-12)11-19-18(20)17-15(22-3)6-5-7-16(17)23-4/h5-10H,11H2,1-4H3,(H,19,20). The number of benzene rings is 2. The average Bonchev–Trinajstić information content (AvgIpc) is 2.58. The molecule has 0 fully saturated rings. The molecule has 5 heteroatoms. The second-order valence-electron chi connectivity index (χ2n) is 5.04. The lowest BCUT2D eigenvalue weighted by Crippen LogP contribution is -2.24. The highest BCUT2D eigenvalue weighted by Crippen LogP contribution is 2.28. The molecule has 0 aliphatic carbocycles. The fourth-order valence-corrected chi connectivity index (χ4v) is 2.38. The molecule has 0 saturated heterocycles. The molecule has 0 aliphatic heterocycles. The van der Waals surface area contributed by atoms with Gasteiger partial charge in [-0.25, -0.2) is 0 Å². The van der Waals surface area contributed by atoms with Crippen LogP contribution >= 0.6 is 0 Å². The fourth-order valence-electron chi connectivity index (χ4n) is 2.38. The number of ether oxygens (including phenoxy) is 3. The van der Waals surface area contributed by atoms with Crippen molar-refractivity contribution in [3.63, 3.8) is 0 Å². The van der Waals surface area contributed by atoms with E-state index in [2.05, 4.69) is 5.32 Å². The molecule has 122 valence electrons. The molecule has 0 spiro atoms. The summed E-state index contributed by atoms with van der Waals surface area (Å²) in [6.07, 6.45) is 0. The van der Waals surface area contributed by atoms with Gasteiger partial charge >= 0.3 is 0 Å². The van der Waals surface area contributed by atoms with E-state index in [-0.39, 0.29) is 5.91 Å². The maximum absolute atomic E-state index is 12.6. The minimum atomic E-state index is -0.261. The molecule has 0 saturated carbocycles. The van der Waals surface area contributed by atoms with Crippen LogP contribution in [0.1, 0.15) is 21.5 Å². The third kappa shape index (κ3) is 3.74. The molecular formula is C18H21NO4. The number of amides is 1. The Labute approximate surface area is 136 Å². The van der Waals surface area contributed by atoms with Crippen molar-refractivity contribution in [2.75, 3.05) is 21.3 Å². The SMILES string of the molecule is COc1ccc(C)cc1CNC(=O)c1c(OC)cccc1OC. The Balaban J connectivity index is 2.22. The van der Waals surface area contributed by atoms with E-state index in [0.717, 1.165) is 16.9 Å². The molecule has 0 aromatic heterocycles. The summed E-state index contributed by atoms with van der Waals surface area (Å²) in [4.78, 5) is 12.6. The largest absolute Gasteiger partial charge is 0.496 e. The monoisotopic (exact) mass is 315 g/mol. The average molecular weight is 315 g/mol. The summed E-state index contributed by atoms with van der Waals surface area (Å²) >= 11 is 0. The van der Waals surface area contributed by atoms with Gasteiger partial charge in [0, 0.05) is 12.1 Å². The molecule has 5 nitrogen and oxygen atoms in total. The smallest absolute Gasteiger partial charge is 0.259 e. The molecule has 1 N–H and O–H groups in total. The van der Waals surface area contributed by atoms with Gasteiger partial charge in [-0.2, -0.15) is 0 Å². The molecule has 1 amide bonds. The van der Waals surface area contributed by atoms with Crippen molar-refractivity contribution in [3.05, 3.63) is 53.1 Å². The van der Waals surface area contributed by atoms with Crippen molar-refractivity contribution >= 4 is 5.91 Å². The lowest BCUT2D eigenvalue weighted by Gasteiger charge is -2.14. The summed E-state index contributed by atoms with van der Waals surface area (Å²) in [6, 6.07) is 11.1. The van der Waals surface area contributed by atoms with Crippen molar-refractivity contribution in [1.82, 2.24) is 5.32 Å². The second-order valence-corrected chi connectivity index (χ2v) is 5.04. The van der Waals surface area contributed by atoms with Crippen LogP contribution in [0.15, 0.2) is 36.4 Å². The van der Waals surface area contributed by atoms with E-state index < -0.39 is 0 Å². The highest BCUT2D eigenvalue weighted by atomic mass is 16.5. The van der Waals surface area contributed by atoms with Gasteiger partial charge in [0.05, 0.1) is 21.3 Å². The van der Waals surface area contributed by atoms with Gasteiger partial charge in [-0.1, -0.05) is 23.8 Å². The minimum Gasteiger partial charge on any atom is -0.496 e. The van der Waals surface area contributed by atoms with Crippen molar-refractivity contribution < 1.29 is 19.0 Å². The first-order valence-corrected chi connectivity index (χ1v) is 7.23. The minimum absolute atomic E-state index is 0.261. The second kappa shape index (κ2) is 7.54. The van der Waals surface area contributed by atoms with Crippen molar-refractivity contribution in [2.24, 2.45) is 0 Å². The first kappa shape index (κ1) is 16.7. The lowest BCUT2D eigenvalue weighted by atomic mass is 10.1. The number of nitrogens with one attached hydrogen (secondary N) is 1. The highest BCUT2D eigenvalue weighted by Gasteiger charge is 2.18. The molecular weight excluding hydrogens is 294 g/mol. The highest BCUT2D eigenvalue weighted by molar-refractivity contribution is 5.99. The topological polar surface area (TPSA) is 56.8 Å². The summed E-state index contributed by atoms with van der Waals surface area (Å²) in [5.41, 5.74) is 2.39. The van der Waals surface area contributed by atoms with Crippen molar-refractivity contribution in [2.45, 2.75) is 13.5 Å². The predicted octanol–water partition coefficient (Wildman–Crippen LogP) is 2.95. The molecule has 0 aliphatic rings. The first-order valence-electron chi connectivity index (χ1n) is 7.23. The quantitative estimate of drug-likeness (QED) is 0.890. The van der Waals surface area contributed by atoms with E-state index in [1.807, 2.05) is 25.1 Å². The van der Waals surface area contributed by atoms with E-state index in [0.29, 0.717) is 23.6 Å². The third-order valence-corrected chi connectivity index (χ3v) is 3.53. The van der Waals surface area contributed by atoms with Crippen LogP contribution in [0.25, 0.3) is 0 Å². The van der Waals surface area contributed by atoms with Crippen LogP contribution in [-0.2, 0) is 6.54 Å². The molecule has 0 bridgehead atoms. The van der Waals surface area contributed by atoms with Crippen molar-refractivity contribution in [3.8, 4) is 17.2 Å². The summed E-state index contributed by atoms with van der Waals surface area (Å²) in [7, 11) is 4.66. The molecule has 0 radical (unpaired) electrons. The third-order valence-electron chi connectivity index (χ3n) is 3.53. The van der Waals surface area contributed by atoms with Crippen molar-refractivity contribution in [1.29, 1.82) is 0 Å². The van der Waals surface area contributed by atoms with Crippen LogP contribution in [0, 0.1) is 6.92 Å². The van der Waals surface area contributed by atoms with Gasteiger partial charge in [-0.3, -0.25) is 4.79 Å². The fraction of sp³-hybridized carbons (Fsp3) is 0.278. The number of methoxy groups -OCH3 is 3. The molecule has 2 aromatic carbocycles. The lowest BCUT2D eigenvalue weighted by molar-refractivity contribution is 0.0944. The zero-order valence-corrected chi connectivity index (χ0v) is 13.8. The Morgan fingerprint density at radius 2 is 1.57 bits per heavy atom. The summed E-state index contributed by atoms with van der Waals surface area (Å²) < 4.78 is 15.8. The molecule has 2 aromatic rings. The Morgan fingerprint density at radius 3 is 2.13 bits per heavy atom. The van der Waals surface area contributed by atoms with Crippen LogP contribution < -0.4 is 19.5 Å². The Hall–Kier alpha value is -2.69. The predicted molar refractivity (Wildman–Crippen MR) is 88.4 cm³/mol. The van der Waals surface area contributed by atoms with Gasteiger partial charge in [-0.05, 0) is 25.1 Å². The molecule has 23 heavy (non-hydrogen) atoms. The molecule has 2 rings (SSSR count). The van der Waals surface area contributed by atoms with Crippen LogP contribution in [0.5, 0.6) is 17.2 Å². The normalized spacial score (nSPS) is 10.1. The Bertz CT molecular complexity index is 675. The Kier molecular flexibility index (Phi) is 5.46. The van der Waals surface area contributed by atoms with Gasteiger partial charge in [0.15, 0.2) is 0 Å². The maximum atomic E-state index is 12.6. The number of rotatable bonds is 6. The number of hydrogen-bond donors (Lipinski definition) is 1. The van der Waals surface area contributed by atoms with E-state index in [1.165, 1.54) is 14.2 Å². The van der Waals surface area contributed by atoms with Gasteiger partial charge in [0.25, 0.3) is 5.91 Å². The number of hydrogen-bond acceptors (Lipinski definition) is 4. The Morgan fingerprint density at radius 1 is 0.957 bits per heavy atom. The van der Waals surface area contributed by atoms with E-state index in [1.54, 1.807) is 25.3 Å². The maximum Gasteiger partial charge on any atom is 0.259 e. The summed E-state index contributed by atoms with van der Waals surface area (Å²) in [6.45, 7) is 2.35. The zero-order valence-electron chi connectivity index (χ0n) is 13.8. The van der Waals surface area contributed by atoms with Gasteiger partial charge in [0.1, 0.15) is 22.8 Å². The van der Waals surface area contributed by atoms with Crippen LogP contribution in [0.4, 0.5) is 0 Å². The van der Waals surface area contributed by atoms with E-state index in [9.17, 15) is 4.79 Å². The van der Waals surface area contributed by atoms with Gasteiger partial charge in [-0.15, -0.1) is 0 Å². The molecule has 0 atom stereocenters. The number of carbonyl (C=O) groups excluding carboxylic acids is 1. The summed E-state index contributed by atoms with van der Waals surface area (Å²) in [5.74, 6) is 1.42. The number of carbonyl (C=O) groups is 1. The molecule has 0 unspecified atom stereocenters. The van der Waals surface area contributed by atoms with Gasteiger partial charge in [0.2, 0.25) is 0 Å². The van der Waals surface area contributed by atoms with Crippen LogP contribution in [0.3, 0.4) is 0 Å². The van der Waals surface area contributed by atoms with E-state index >= 15 is 0 Å². The van der Waals surface area contributed by atoms with Crippen LogP contribution in [-0.4, -0.2) is 27.2 Å². The summed E-state index contributed by atoms with van der Waals surface area (Å²) in [5, 5.41) is 2.89. The zero-order chi connectivity index (χ0) is 16.8. The first-order chi connectivity index (χ1) is 11.1. The van der Waals surface area contributed by atoms with Crippen LogP contribution in [0.2, 0.25) is 0 Å². The molecule has 0 heterocycles. The van der Waals surface area contributed by atoms with E-state index in [4.69, 9.17) is 14.2 Å². The van der Waals surface area contributed by atoms with Gasteiger partial charge < -0.3 is 19.5 Å².